The van der Waals surface area contributed by atoms with Crippen LogP contribution < -0.4 is 10.2 Å². The summed E-state index contributed by atoms with van der Waals surface area (Å²) in [5, 5.41) is 4.31. The number of likely N-dealkylation sites (tertiary alicyclic amines) is 1. The van der Waals surface area contributed by atoms with E-state index in [4.69, 9.17) is 11.6 Å². The Morgan fingerprint density at radius 3 is 2.31 bits per heavy atom. The summed E-state index contributed by atoms with van der Waals surface area (Å²) in [5.41, 5.74) is 2.17. The molecule has 2 saturated heterocycles. The SMILES string of the molecule is O=C([C@@H]1C[C@@H](NCc2ccc(Cl)cc2)CN1Cc1ccccc1)N1CCN(c2cccc(C(F)(F)F)c2)CC1. The summed E-state index contributed by atoms with van der Waals surface area (Å²) in [4.78, 5) is 19.8. The summed E-state index contributed by atoms with van der Waals surface area (Å²) >= 11 is 6.01. The van der Waals surface area contributed by atoms with Crippen molar-refractivity contribution >= 4 is 23.2 Å². The summed E-state index contributed by atoms with van der Waals surface area (Å²) in [6.07, 6.45) is -3.68. The quantitative estimate of drug-likeness (QED) is 0.421. The number of halogens is 4. The molecule has 5 nitrogen and oxygen atoms in total. The number of carbonyl (C=O) groups is 1. The molecule has 0 unspecified atom stereocenters. The van der Waals surface area contributed by atoms with Gasteiger partial charge < -0.3 is 15.1 Å². The lowest BCUT2D eigenvalue weighted by molar-refractivity contribution is -0.137. The predicted molar refractivity (Wildman–Crippen MR) is 148 cm³/mol. The average Bonchev–Trinajstić information content (AvgIpc) is 3.35. The molecule has 1 amide bonds. The molecule has 2 heterocycles. The summed E-state index contributed by atoms with van der Waals surface area (Å²) < 4.78 is 39.5. The zero-order valence-electron chi connectivity index (χ0n) is 21.6. The fourth-order valence-corrected chi connectivity index (χ4v) is 5.57. The summed E-state index contributed by atoms with van der Waals surface area (Å²) in [6, 6.07) is 23.2. The zero-order chi connectivity index (χ0) is 27.4. The van der Waals surface area contributed by atoms with Gasteiger partial charge in [-0.05, 0) is 47.9 Å². The van der Waals surface area contributed by atoms with Gasteiger partial charge in [0, 0.05) is 62.6 Å². The Bertz CT molecular complexity index is 1250. The van der Waals surface area contributed by atoms with E-state index in [2.05, 4.69) is 22.3 Å². The highest BCUT2D eigenvalue weighted by Crippen LogP contribution is 2.32. The molecule has 0 aliphatic carbocycles. The first-order valence-corrected chi connectivity index (χ1v) is 13.6. The molecule has 0 spiro atoms. The molecule has 2 fully saturated rings. The second kappa shape index (κ2) is 12.0. The zero-order valence-corrected chi connectivity index (χ0v) is 22.3. The van der Waals surface area contributed by atoms with E-state index in [1.165, 1.54) is 12.1 Å². The van der Waals surface area contributed by atoms with Crippen LogP contribution in [-0.2, 0) is 24.1 Å². The van der Waals surface area contributed by atoms with E-state index >= 15 is 0 Å². The maximum atomic E-state index is 13.8. The smallest absolute Gasteiger partial charge is 0.368 e. The predicted octanol–water partition coefficient (Wildman–Crippen LogP) is 5.44. The summed E-state index contributed by atoms with van der Waals surface area (Å²) in [5.74, 6) is 0.0883. The molecule has 0 bridgehead atoms. The van der Waals surface area contributed by atoms with Crippen LogP contribution in [0.5, 0.6) is 0 Å². The van der Waals surface area contributed by atoms with Crippen molar-refractivity contribution < 1.29 is 18.0 Å². The maximum Gasteiger partial charge on any atom is 0.416 e. The molecule has 2 aliphatic rings. The number of nitrogens with one attached hydrogen (secondary N) is 1. The highest BCUT2D eigenvalue weighted by Gasteiger charge is 2.39. The molecule has 0 radical (unpaired) electrons. The Labute approximate surface area is 232 Å². The second-order valence-corrected chi connectivity index (χ2v) is 10.7. The number of hydrogen-bond acceptors (Lipinski definition) is 4. The minimum atomic E-state index is -4.38. The van der Waals surface area contributed by atoms with Gasteiger partial charge in [0.2, 0.25) is 5.91 Å². The van der Waals surface area contributed by atoms with Crippen molar-refractivity contribution in [2.24, 2.45) is 0 Å². The third-order valence-corrected chi connectivity index (χ3v) is 7.81. The maximum absolute atomic E-state index is 13.8. The van der Waals surface area contributed by atoms with E-state index in [1.807, 2.05) is 52.3 Å². The number of nitrogens with zero attached hydrogens (tertiary/aromatic N) is 3. The third kappa shape index (κ3) is 6.93. The second-order valence-electron chi connectivity index (χ2n) is 10.2. The van der Waals surface area contributed by atoms with Crippen molar-refractivity contribution in [3.05, 3.63) is 101 Å². The Balaban J connectivity index is 1.23. The van der Waals surface area contributed by atoms with E-state index in [9.17, 15) is 18.0 Å². The monoisotopic (exact) mass is 556 g/mol. The van der Waals surface area contributed by atoms with E-state index in [1.54, 1.807) is 6.07 Å². The number of carbonyl (C=O) groups excluding carboxylic acids is 1. The largest absolute Gasteiger partial charge is 0.416 e. The lowest BCUT2D eigenvalue weighted by Crippen LogP contribution is -2.53. The van der Waals surface area contributed by atoms with Crippen molar-refractivity contribution in [1.82, 2.24) is 15.1 Å². The Hall–Kier alpha value is -3.07. The first kappa shape index (κ1) is 27.5. The van der Waals surface area contributed by atoms with E-state index < -0.39 is 11.7 Å². The molecule has 0 aromatic heterocycles. The Morgan fingerprint density at radius 1 is 0.897 bits per heavy atom. The van der Waals surface area contributed by atoms with Crippen molar-refractivity contribution in [3.63, 3.8) is 0 Å². The first-order valence-electron chi connectivity index (χ1n) is 13.2. The molecule has 5 rings (SSSR count). The van der Waals surface area contributed by atoms with Gasteiger partial charge in [0.15, 0.2) is 0 Å². The van der Waals surface area contributed by atoms with Crippen molar-refractivity contribution in [3.8, 4) is 0 Å². The van der Waals surface area contributed by atoms with Crippen LogP contribution in [0.1, 0.15) is 23.1 Å². The third-order valence-electron chi connectivity index (χ3n) is 7.56. The molecule has 2 atom stereocenters. The number of anilines is 1. The number of rotatable bonds is 7. The summed E-state index contributed by atoms with van der Waals surface area (Å²) in [6.45, 7) is 4.08. The van der Waals surface area contributed by atoms with Crippen LogP contribution >= 0.6 is 11.6 Å². The molecular formula is C30H32ClF3N4O. The van der Waals surface area contributed by atoms with E-state index in [0.717, 1.165) is 23.7 Å². The number of alkyl halides is 3. The van der Waals surface area contributed by atoms with Crippen LogP contribution in [0.3, 0.4) is 0 Å². The first-order chi connectivity index (χ1) is 18.8. The minimum Gasteiger partial charge on any atom is -0.368 e. The molecule has 1 N–H and O–H groups in total. The van der Waals surface area contributed by atoms with Gasteiger partial charge in [-0.15, -0.1) is 0 Å². The molecule has 9 heteroatoms. The lowest BCUT2D eigenvalue weighted by Gasteiger charge is -2.38. The molecular weight excluding hydrogens is 525 g/mol. The van der Waals surface area contributed by atoms with Gasteiger partial charge >= 0.3 is 6.18 Å². The van der Waals surface area contributed by atoms with Crippen LogP contribution in [0.2, 0.25) is 5.02 Å². The Kier molecular flexibility index (Phi) is 8.45. The topological polar surface area (TPSA) is 38.8 Å². The minimum absolute atomic E-state index is 0.0883. The van der Waals surface area contributed by atoms with Gasteiger partial charge in [0.05, 0.1) is 11.6 Å². The van der Waals surface area contributed by atoms with Crippen LogP contribution in [0.25, 0.3) is 0 Å². The van der Waals surface area contributed by atoms with Crippen LogP contribution in [0.4, 0.5) is 18.9 Å². The van der Waals surface area contributed by atoms with Crippen molar-refractivity contribution in [2.75, 3.05) is 37.6 Å². The van der Waals surface area contributed by atoms with Gasteiger partial charge in [-0.1, -0.05) is 60.1 Å². The fourth-order valence-electron chi connectivity index (χ4n) is 5.44. The van der Waals surface area contributed by atoms with E-state index in [0.29, 0.717) is 56.4 Å². The van der Waals surface area contributed by atoms with Crippen LogP contribution in [0.15, 0.2) is 78.9 Å². The van der Waals surface area contributed by atoms with Gasteiger partial charge in [-0.2, -0.15) is 13.2 Å². The van der Waals surface area contributed by atoms with Gasteiger partial charge in [0.25, 0.3) is 0 Å². The van der Waals surface area contributed by atoms with Crippen LogP contribution in [0, 0.1) is 0 Å². The molecule has 206 valence electrons. The standard InChI is InChI=1S/C30H32ClF3N4O/c31-25-11-9-22(10-12-25)19-35-26-18-28(38(21-26)20-23-5-2-1-3-6-23)29(39)37-15-13-36(14-16-37)27-8-4-7-24(17-27)30(32,33)34/h1-12,17,26,28,35H,13-16,18-21H2/t26-,28+/m1/s1. The van der Waals surface area contributed by atoms with Gasteiger partial charge in [-0.25, -0.2) is 0 Å². The number of benzene rings is 3. The molecule has 3 aromatic carbocycles. The average molecular weight is 557 g/mol. The number of hydrogen-bond donors (Lipinski definition) is 1. The van der Waals surface area contributed by atoms with Crippen molar-refractivity contribution in [1.29, 1.82) is 0 Å². The number of amides is 1. The number of piperazine rings is 1. The fraction of sp³-hybridized carbons (Fsp3) is 0.367. The van der Waals surface area contributed by atoms with E-state index in [-0.39, 0.29) is 18.0 Å². The normalized spacial score (nSPS) is 20.4. The van der Waals surface area contributed by atoms with Gasteiger partial charge in [0.1, 0.15) is 0 Å². The molecule has 3 aromatic rings. The summed E-state index contributed by atoms with van der Waals surface area (Å²) in [7, 11) is 0. The molecule has 0 saturated carbocycles. The van der Waals surface area contributed by atoms with Crippen molar-refractivity contribution in [2.45, 2.75) is 37.8 Å². The van der Waals surface area contributed by atoms with Gasteiger partial charge in [-0.3, -0.25) is 9.69 Å². The molecule has 39 heavy (non-hydrogen) atoms. The van der Waals surface area contributed by atoms with Crippen LogP contribution in [-0.4, -0.2) is 60.5 Å². The molecule has 2 aliphatic heterocycles. The lowest BCUT2D eigenvalue weighted by atomic mass is 10.1. The highest BCUT2D eigenvalue weighted by atomic mass is 35.5. The highest BCUT2D eigenvalue weighted by molar-refractivity contribution is 6.30. The Morgan fingerprint density at radius 2 is 1.62 bits per heavy atom.